The number of amides is 1. The first-order valence-electron chi connectivity index (χ1n) is 7.54. The minimum atomic E-state index is -0.417. The maximum Gasteiger partial charge on any atom is 0.268 e. The summed E-state index contributed by atoms with van der Waals surface area (Å²) in [7, 11) is 1.51. The van der Waals surface area contributed by atoms with Gasteiger partial charge in [-0.25, -0.2) is 4.39 Å². The van der Waals surface area contributed by atoms with Crippen molar-refractivity contribution in [1.82, 2.24) is 10.3 Å². The van der Waals surface area contributed by atoms with Crippen LogP contribution in [0.3, 0.4) is 0 Å². The van der Waals surface area contributed by atoms with Gasteiger partial charge in [0, 0.05) is 11.8 Å². The molecule has 1 atom stereocenters. The number of methoxy groups -OCH3 is 1. The molecule has 1 fully saturated rings. The molecule has 1 aliphatic carbocycles. The van der Waals surface area contributed by atoms with Gasteiger partial charge in [-0.15, -0.1) is 0 Å². The highest BCUT2D eigenvalue weighted by molar-refractivity contribution is 5.92. The topological polar surface area (TPSA) is 74.3 Å². The lowest BCUT2D eigenvalue weighted by Crippen LogP contribution is -2.41. The Morgan fingerprint density at radius 3 is 2.83 bits per heavy atom. The van der Waals surface area contributed by atoms with Gasteiger partial charge in [0.05, 0.1) is 19.3 Å². The molecule has 0 saturated heterocycles. The third-order valence-electron chi connectivity index (χ3n) is 4.28. The van der Waals surface area contributed by atoms with Gasteiger partial charge in [0.2, 0.25) is 0 Å². The van der Waals surface area contributed by atoms with Crippen LogP contribution in [0.25, 0.3) is 0 Å². The Kier molecular flexibility index (Phi) is 4.34. The van der Waals surface area contributed by atoms with Crippen LogP contribution in [0.4, 0.5) is 4.39 Å². The van der Waals surface area contributed by atoms with Gasteiger partial charge >= 0.3 is 0 Å². The average Bonchev–Trinajstić information content (AvgIpc) is 3.04. The second-order valence-electron chi connectivity index (χ2n) is 5.81. The Bertz CT molecular complexity index is 681. The molecule has 0 aliphatic heterocycles. The van der Waals surface area contributed by atoms with E-state index in [0.29, 0.717) is 29.8 Å². The number of hydrogen-bond donors (Lipinski definition) is 3. The Morgan fingerprint density at radius 1 is 1.43 bits per heavy atom. The van der Waals surface area contributed by atoms with Gasteiger partial charge < -0.3 is 20.1 Å². The van der Waals surface area contributed by atoms with Crippen LogP contribution in [0, 0.1) is 11.7 Å². The standard InChI is InChI=1S/C17H19FN2O3/c1-23-15-5-4-11(18)9-13(15)16(10-7-12(21)8-10)20-17(22)14-3-2-6-19-14/h2-6,9-10,12,16,19,21H,7-8H2,1H3,(H,20,22). The van der Waals surface area contributed by atoms with Crippen molar-refractivity contribution < 1.29 is 19.0 Å². The molecule has 122 valence electrons. The van der Waals surface area contributed by atoms with Crippen molar-refractivity contribution in [2.24, 2.45) is 5.92 Å². The molecule has 3 rings (SSSR count). The zero-order chi connectivity index (χ0) is 16.4. The second-order valence-corrected chi connectivity index (χ2v) is 5.81. The molecule has 1 unspecified atom stereocenters. The molecule has 1 aromatic carbocycles. The van der Waals surface area contributed by atoms with Crippen LogP contribution in [0.5, 0.6) is 5.75 Å². The van der Waals surface area contributed by atoms with Gasteiger partial charge in [-0.3, -0.25) is 4.79 Å². The molecule has 23 heavy (non-hydrogen) atoms. The summed E-state index contributed by atoms with van der Waals surface area (Å²) in [4.78, 5) is 15.2. The van der Waals surface area contributed by atoms with Crippen LogP contribution >= 0.6 is 0 Å². The molecule has 1 heterocycles. The molecule has 1 aliphatic rings. The van der Waals surface area contributed by atoms with Crippen LogP contribution in [0.2, 0.25) is 0 Å². The number of halogens is 1. The van der Waals surface area contributed by atoms with E-state index in [1.165, 1.54) is 19.2 Å². The van der Waals surface area contributed by atoms with Crippen molar-refractivity contribution in [3.05, 3.63) is 53.6 Å². The van der Waals surface area contributed by atoms with Crippen molar-refractivity contribution >= 4 is 5.91 Å². The monoisotopic (exact) mass is 318 g/mol. The van der Waals surface area contributed by atoms with Gasteiger partial charge in [0.25, 0.3) is 5.91 Å². The largest absolute Gasteiger partial charge is 0.496 e. The number of aliphatic hydroxyl groups is 1. The molecule has 1 saturated carbocycles. The zero-order valence-electron chi connectivity index (χ0n) is 12.8. The third-order valence-corrected chi connectivity index (χ3v) is 4.28. The van der Waals surface area contributed by atoms with Gasteiger partial charge in [-0.1, -0.05) is 0 Å². The summed E-state index contributed by atoms with van der Waals surface area (Å²) in [5, 5.41) is 12.5. The van der Waals surface area contributed by atoms with E-state index in [1.807, 2.05) is 0 Å². The molecule has 0 spiro atoms. The highest BCUT2D eigenvalue weighted by atomic mass is 19.1. The van der Waals surface area contributed by atoms with Crippen LogP contribution < -0.4 is 10.1 Å². The first-order valence-corrected chi connectivity index (χ1v) is 7.54. The number of aliphatic hydroxyl groups excluding tert-OH is 1. The quantitative estimate of drug-likeness (QED) is 0.792. The molecule has 6 heteroatoms. The Labute approximate surface area is 133 Å². The summed E-state index contributed by atoms with van der Waals surface area (Å²) >= 11 is 0. The molecule has 5 nitrogen and oxygen atoms in total. The summed E-state index contributed by atoms with van der Waals surface area (Å²) < 4.78 is 19.0. The number of aromatic amines is 1. The normalized spacial score (nSPS) is 21.3. The number of nitrogens with one attached hydrogen (secondary N) is 2. The van der Waals surface area contributed by atoms with Crippen LogP contribution in [0.15, 0.2) is 36.5 Å². The summed E-state index contributed by atoms with van der Waals surface area (Å²) in [6.07, 6.45) is 2.43. The predicted molar refractivity (Wildman–Crippen MR) is 82.7 cm³/mol. The number of aromatic nitrogens is 1. The van der Waals surface area contributed by atoms with E-state index in [0.717, 1.165) is 0 Å². The highest BCUT2D eigenvalue weighted by Crippen LogP contribution is 2.41. The number of carbonyl (C=O) groups is 1. The van der Waals surface area contributed by atoms with Crippen molar-refractivity contribution in [3.63, 3.8) is 0 Å². The molecular weight excluding hydrogens is 299 g/mol. The molecule has 1 amide bonds. The van der Waals surface area contributed by atoms with Crippen molar-refractivity contribution in [3.8, 4) is 5.75 Å². The van der Waals surface area contributed by atoms with E-state index in [9.17, 15) is 14.3 Å². The fourth-order valence-electron chi connectivity index (χ4n) is 2.99. The van der Waals surface area contributed by atoms with Gasteiger partial charge in [0.15, 0.2) is 0 Å². The fraction of sp³-hybridized carbons (Fsp3) is 0.353. The zero-order valence-corrected chi connectivity index (χ0v) is 12.8. The van der Waals surface area contributed by atoms with E-state index in [1.54, 1.807) is 24.4 Å². The summed E-state index contributed by atoms with van der Waals surface area (Å²) in [5.74, 6) is -0.100. The fourth-order valence-corrected chi connectivity index (χ4v) is 2.99. The van der Waals surface area contributed by atoms with Gasteiger partial charge in [0.1, 0.15) is 17.3 Å². The molecule has 2 aromatic rings. The first kappa shape index (κ1) is 15.6. The maximum atomic E-state index is 13.7. The smallest absolute Gasteiger partial charge is 0.268 e. The summed E-state index contributed by atoms with van der Waals surface area (Å²) in [6, 6.07) is 7.24. The molecule has 0 bridgehead atoms. The third kappa shape index (κ3) is 3.22. The number of rotatable bonds is 5. The number of carbonyl (C=O) groups excluding carboxylic acids is 1. The SMILES string of the molecule is COc1ccc(F)cc1C(NC(=O)c1ccc[nH]1)C1CC(O)C1. The average molecular weight is 318 g/mol. The Hall–Kier alpha value is -2.34. The van der Waals surface area contributed by atoms with Crippen LogP contribution in [-0.2, 0) is 0 Å². The molecule has 0 radical (unpaired) electrons. The molecule has 3 N–H and O–H groups in total. The van der Waals surface area contributed by atoms with E-state index >= 15 is 0 Å². The lowest BCUT2D eigenvalue weighted by molar-refractivity contribution is 0.0230. The minimum absolute atomic E-state index is 0.0413. The van der Waals surface area contributed by atoms with Gasteiger partial charge in [-0.2, -0.15) is 0 Å². The van der Waals surface area contributed by atoms with Crippen LogP contribution in [0.1, 0.15) is 34.9 Å². The first-order chi connectivity index (χ1) is 11.1. The number of ether oxygens (including phenoxy) is 1. The van der Waals surface area contributed by atoms with Crippen molar-refractivity contribution in [2.75, 3.05) is 7.11 Å². The molecule has 1 aromatic heterocycles. The van der Waals surface area contributed by atoms with Crippen LogP contribution in [-0.4, -0.2) is 29.2 Å². The van der Waals surface area contributed by atoms with E-state index in [2.05, 4.69) is 10.3 Å². The Morgan fingerprint density at radius 2 is 2.22 bits per heavy atom. The Balaban J connectivity index is 1.90. The van der Waals surface area contributed by atoms with E-state index < -0.39 is 6.04 Å². The predicted octanol–water partition coefficient (Wildman–Crippen LogP) is 2.40. The van der Waals surface area contributed by atoms with Crippen molar-refractivity contribution in [1.29, 1.82) is 0 Å². The van der Waals surface area contributed by atoms with E-state index in [4.69, 9.17) is 4.74 Å². The van der Waals surface area contributed by atoms with E-state index in [-0.39, 0.29) is 23.7 Å². The summed E-state index contributed by atoms with van der Waals surface area (Å²) in [6.45, 7) is 0. The second kappa shape index (κ2) is 6.42. The van der Waals surface area contributed by atoms with Crippen molar-refractivity contribution in [2.45, 2.75) is 25.0 Å². The number of hydrogen-bond acceptors (Lipinski definition) is 3. The van der Waals surface area contributed by atoms with Gasteiger partial charge in [-0.05, 0) is 49.1 Å². The maximum absolute atomic E-state index is 13.7. The highest BCUT2D eigenvalue weighted by Gasteiger charge is 2.37. The number of H-pyrrole nitrogens is 1. The lowest BCUT2D eigenvalue weighted by Gasteiger charge is -2.38. The number of benzene rings is 1. The lowest BCUT2D eigenvalue weighted by atomic mass is 9.74. The molecular formula is C17H19FN2O3. The summed E-state index contributed by atoms with van der Waals surface area (Å²) in [5.41, 5.74) is 1.02. The minimum Gasteiger partial charge on any atom is -0.496 e.